The Bertz CT molecular complexity index is 1350. The number of carbonyl (C=O) groups is 1. The molecule has 33 heavy (non-hydrogen) atoms. The molecule has 0 spiro atoms. The number of nitrogens with zero attached hydrogens (tertiary/aromatic N) is 1. The normalized spacial score (nSPS) is 20.1. The van der Waals surface area contributed by atoms with Crippen LogP contribution in [-0.2, 0) is 27.5 Å². The molecule has 0 amide bonds. The van der Waals surface area contributed by atoms with E-state index in [0.717, 1.165) is 42.3 Å². The molecule has 2 atom stereocenters. The maximum atomic E-state index is 13.7. The zero-order chi connectivity index (χ0) is 23.5. The highest BCUT2D eigenvalue weighted by molar-refractivity contribution is 7.91. The molecule has 0 saturated carbocycles. The summed E-state index contributed by atoms with van der Waals surface area (Å²) in [5.41, 5.74) is 2.56. The second kappa shape index (κ2) is 7.71. The molecule has 0 aliphatic carbocycles. The third-order valence-electron chi connectivity index (χ3n) is 6.63. The van der Waals surface area contributed by atoms with Gasteiger partial charge in [-0.05, 0) is 70.4 Å². The SMILES string of the molecule is CCn1c2c(c3c(C(=O)OC(C)(C)C)c(S(=O)(=O)c4ccccc4)ccc31)C1CCC(C2)N1. The van der Waals surface area contributed by atoms with Gasteiger partial charge in [-0.1, -0.05) is 18.2 Å². The van der Waals surface area contributed by atoms with Gasteiger partial charge in [0.15, 0.2) is 0 Å². The van der Waals surface area contributed by atoms with Crippen LogP contribution in [0.2, 0.25) is 0 Å². The van der Waals surface area contributed by atoms with Crippen molar-refractivity contribution in [1.29, 1.82) is 0 Å². The van der Waals surface area contributed by atoms with Crippen LogP contribution in [0.5, 0.6) is 0 Å². The standard InChI is InChI=1S/C26H30N2O4S/c1-5-28-19-13-14-21(33(30,31)17-9-7-6-8-10-17)24(25(29)32-26(2,3)4)23(19)22-18-12-11-16(27-18)15-20(22)28/h6-10,13-14,16,18,27H,5,11-12,15H2,1-4H3. The van der Waals surface area contributed by atoms with Gasteiger partial charge in [-0.2, -0.15) is 0 Å². The number of hydrogen-bond donors (Lipinski definition) is 1. The Morgan fingerprint density at radius 2 is 1.85 bits per heavy atom. The molecule has 6 nitrogen and oxygen atoms in total. The Kier molecular flexibility index (Phi) is 5.18. The molecule has 7 heteroatoms. The highest BCUT2D eigenvalue weighted by atomic mass is 32.2. The van der Waals surface area contributed by atoms with Crippen LogP contribution in [0.1, 0.15) is 68.2 Å². The monoisotopic (exact) mass is 466 g/mol. The van der Waals surface area contributed by atoms with Gasteiger partial charge in [0.2, 0.25) is 9.84 Å². The number of benzene rings is 2. The van der Waals surface area contributed by atoms with E-state index in [0.29, 0.717) is 6.04 Å². The summed E-state index contributed by atoms with van der Waals surface area (Å²) < 4.78 is 35.5. The largest absolute Gasteiger partial charge is 0.456 e. The number of aryl methyl sites for hydroxylation is 1. The van der Waals surface area contributed by atoms with Crippen molar-refractivity contribution >= 4 is 26.7 Å². The zero-order valence-corrected chi connectivity index (χ0v) is 20.3. The molecule has 2 aromatic carbocycles. The van der Waals surface area contributed by atoms with E-state index in [1.54, 1.807) is 57.2 Å². The molecule has 2 aliphatic heterocycles. The van der Waals surface area contributed by atoms with E-state index >= 15 is 0 Å². The summed E-state index contributed by atoms with van der Waals surface area (Å²) in [6.45, 7) is 8.24. The fourth-order valence-corrected chi connectivity index (χ4v) is 6.86. The van der Waals surface area contributed by atoms with Gasteiger partial charge in [0.25, 0.3) is 0 Å². The number of ether oxygens (including phenoxy) is 1. The van der Waals surface area contributed by atoms with Gasteiger partial charge in [-0.25, -0.2) is 13.2 Å². The lowest BCUT2D eigenvalue weighted by atomic mass is 9.96. The number of sulfone groups is 1. The first-order chi connectivity index (χ1) is 15.6. The van der Waals surface area contributed by atoms with E-state index in [-0.39, 0.29) is 21.4 Å². The number of fused-ring (bicyclic) bond motifs is 6. The molecule has 3 aromatic rings. The van der Waals surface area contributed by atoms with Crippen molar-refractivity contribution in [2.75, 3.05) is 0 Å². The highest BCUT2D eigenvalue weighted by Gasteiger charge is 2.39. The minimum absolute atomic E-state index is 0.00613. The molecule has 1 N–H and O–H groups in total. The van der Waals surface area contributed by atoms with Crippen LogP contribution in [0.3, 0.4) is 0 Å². The van der Waals surface area contributed by atoms with Crippen molar-refractivity contribution in [3.8, 4) is 0 Å². The van der Waals surface area contributed by atoms with Crippen LogP contribution >= 0.6 is 0 Å². The average molecular weight is 467 g/mol. The molecule has 5 rings (SSSR count). The third-order valence-corrected chi connectivity index (χ3v) is 8.45. The summed E-state index contributed by atoms with van der Waals surface area (Å²) in [6, 6.07) is 12.3. The lowest BCUT2D eigenvalue weighted by molar-refractivity contribution is 0.00675. The number of hydrogen-bond acceptors (Lipinski definition) is 5. The fraction of sp³-hybridized carbons (Fsp3) is 0.423. The first-order valence-corrected chi connectivity index (χ1v) is 13.1. The van der Waals surface area contributed by atoms with Crippen LogP contribution in [0.25, 0.3) is 10.9 Å². The van der Waals surface area contributed by atoms with Crippen LogP contribution < -0.4 is 5.32 Å². The van der Waals surface area contributed by atoms with Crippen molar-refractivity contribution in [1.82, 2.24) is 9.88 Å². The summed E-state index contributed by atoms with van der Waals surface area (Å²) in [6.07, 6.45) is 2.93. The molecule has 1 fully saturated rings. The van der Waals surface area contributed by atoms with Gasteiger partial charge in [-0.3, -0.25) is 0 Å². The lowest BCUT2D eigenvalue weighted by Gasteiger charge is -2.24. The molecule has 2 unspecified atom stereocenters. The van der Waals surface area contributed by atoms with Gasteiger partial charge >= 0.3 is 5.97 Å². The van der Waals surface area contributed by atoms with E-state index < -0.39 is 21.4 Å². The predicted molar refractivity (Wildman–Crippen MR) is 127 cm³/mol. The van der Waals surface area contributed by atoms with Crippen molar-refractivity contribution in [2.24, 2.45) is 0 Å². The predicted octanol–water partition coefficient (Wildman–Crippen LogP) is 4.80. The molecule has 3 heterocycles. The maximum Gasteiger partial charge on any atom is 0.340 e. The smallest absolute Gasteiger partial charge is 0.340 e. The van der Waals surface area contributed by atoms with Crippen LogP contribution in [0.4, 0.5) is 0 Å². The Morgan fingerprint density at radius 3 is 2.52 bits per heavy atom. The second-order valence-electron chi connectivity index (χ2n) is 9.95. The summed E-state index contributed by atoms with van der Waals surface area (Å²) in [5.74, 6) is -0.598. The summed E-state index contributed by atoms with van der Waals surface area (Å²) in [5, 5.41) is 4.38. The van der Waals surface area contributed by atoms with E-state index in [9.17, 15) is 13.2 Å². The Labute approximate surface area is 194 Å². The van der Waals surface area contributed by atoms with Crippen molar-refractivity contribution in [3.63, 3.8) is 0 Å². The Hall–Kier alpha value is -2.64. The summed E-state index contributed by atoms with van der Waals surface area (Å²) in [7, 11) is -3.93. The van der Waals surface area contributed by atoms with Crippen LogP contribution in [0.15, 0.2) is 52.3 Å². The molecular weight excluding hydrogens is 436 g/mol. The first kappa shape index (κ1) is 22.2. The molecule has 1 aromatic heterocycles. The van der Waals surface area contributed by atoms with Crippen molar-refractivity contribution < 1.29 is 17.9 Å². The third kappa shape index (κ3) is 3.58. The van der Waals surface area contributed by atoms with E-state index in [1.807, 2.05) is 6.07 Å². The number of carbonyl (C=O) groups excluding carboxylic acids is 1. The average Bonchev–Trinajstić information content (AvgIpc) is 3.30. The first-order valence-electron chi connectivity index (χ1n) is 11.6. The number of esters is 1. The molecular formula is C26H30N2O4S. The van der Waals surface area contributed by atoms with Gasteiger partial charge in [0.05, 0.1) is 15.4 Å². The molecule has 174 valence electrons. The van der Waals surface area contributed by atoms with Gasteiger partial charge in [0.1, 0.15) is 5.60 Å². The van der Waals surface area contributed by atoms with Crippen molar-refractivity contribution in [3.05, 3.63) is 59.3 Å². The lowest BCUT2D eigenvalue weighted by Crippen LogP contribution is -2.32. The van der Waals surface area contributed by atoms with Crippen molar-refractivity contribution in [2.45, 2.75) is 81.0 Å². The van der Waals surface area contributed by atoms with E-state index in [4.69, 9.17) is 4.74 Å². The van der Waals surface area contributed by atoms with Crippen LogP contribution in [0, 0.1) is 0 Å². The Morgan fingerprint density at radius 1 is 1.12 bits per heavy atom. The summed E-state index contributed by atoms with van der Waals surface area (Å²) >= 11 is 0. The minimum atomic E-state index is -3.93. The quantitative estimate of drug-likeness (QED) is 0.559. The van der Waals surface area contributed by atoms with E-state index in [1.165, 1.54) is 5.69 Å². The van der Waals surface area contributed by atoms with Crippen LogP contribution in [-0.4, -0.2) is 30.6 Å². The van der Waals surface area contributed by atoms with Gasteiger partial charge in [-0.15, -0.1) is 0 Å². The maximum absolute atomic E-state index is 13.7. The van der Waals surface area contributed by atoms with E-state index in [2.05, 4.69) is 16.8 Å². The zero-order valence-electron chi connectivity index (χ0n) is 19.5. The van der Waals surface area contributed by atoms with Gasteiger partial charge < -0.3 is 14.6 Å². The number of nitrogens with one attached hydrogen (secondary N) is 1. The second-order valence-corrected chi connectivity index (χ2v) is 11.9. The molecule has 0 radical (unpaired) electrons. The Balaban J connectivity index is 1.86. The fourth-order valence-electron chi connectivity index (χ4n) is 5.39. The van der Waals surface area contributed by atoms with Gasteiger partial charge in [0, 0.05) is 41.6 Å². The summed E-state index contributed by atoms with van der Waals surface area (Å²) in [4.78, 5) is 13.8. The minimum Gasteiger partial charge on any atom is -0.456 e. The molecule has 2 bridgehead atoms. The number of aromatic nitrogens is 1. The molecule has 1 saturated heterocycles. The number of rotatable bonds is 4. The molecule has 2 aliphatic rings. The topological polar surface area (TPSA) is 77.4 Å². The highest BCUT2D eigenvalue weighted by Crippen LogP contribution is 2.45.